The molecule has 0 aliphatic heterocycles. The van der Waals surface area contributed by atoms with Gasteiger partial charge in [-0.3, -0.25) is 38.7 Å². The maximum Gasteiger partial charge on any atom is 0.268 e. The number of carbonyl (C=O) groups is 6. The summed E-state index contributed by atoms with van der Waals surface area (Å²) < 4.78 is 0. The van der Waals surface area contributed by atoms with E-state index < -0.39 is 52.4 Å². The number of rotatable bonds is 17. The second kappa shape index (κ2) is 19.7. The predicted molar refractivity (Wildman–Crippen MR) is 219 cm³/mol. The van der Waals surface area contributed by atoms with Crippen molar-refractivity contribution in [3.8, 4) is 0 Å². The second-order valence-electron chi connectivity index (χ2n) is 14.9. The first kappa shape index (κ1) is 43.0. The van der Waals surface area contributed by atoms with Gasteiger partial charge in [0.2, 0.25) is 17.7 Å². The van der Waals surface area contributed by atoms with Crippen molar-refractivity contribution in [2.24, 2.45) is 5.92 Å². The molecule has 0 saturated heterocycles. The number of nitrogens with one attached hydrogen (secondary N) is 5. The van der Waals surface area contributed by atoms with E-state index in [-0.39, 0.29) is 30.0 Å². The van der Waals surface area contributed by atoms with Crippen LogP contribution < -0.4 is 26.6 Å². The van der Waals surface area contributed by atoms with E-state index in [4.69, 9.17) is 0 Å². The van der Waals surface area contributed by atoms with Gasteiger partial charge in [-0.15, -0.1) is 0 Å². The molecule has 0 spiro atoms. The highest BCUT2D eigenvalue weighted by molar-refractivity contribution is 6.09. The number of anilines is 1. The minimum absolute atomic E-state index is 0.0544. The van der Waals surface area contributed by atoms with Crippen molar-refractivity contribution >= 4 is 53.2 Å². The molecule has 0 radical (unpaired) electrons. The van der Waals surface area contributed by atoms with Crippen LogP contribution in [0.1, 0.15) is 75.9 Å². The topological polar surface area (TPSA) is 188 Å². The Labute approximate surface area is 332 Å². The van der Waals surface area contributed by atoms with Crippen LogP contribution in [0.15, 0.2) is 121 Å². The maximum absolute atomic E-state index is 14.1. The molecule has 0 unspecified atom stereocenters. The standard InChI is InChI=1S/C44H49N7O6/c1-29(2)25-35(40(55)49-36(27-31-15-11-8-12-16-31)41(56)51-44(5,6)42(57)47-34-19-23-46-24-20-34)48-38(53)33(26-30-13-9-7-10-14-30)28-37(52)43(3,4)50-39(54)32-17-21-45-22-18-32/h7-24,26-27,29,35H,25,28H2,1-6H3,(H,48,53)(H,49,55)(H,50,54)(H,51,56)(H,46,47,57)/b33-26+,36-27-/t35-/m1/s1. The molecule has 4 rings (SSSR count). The average Bonchev–Trinajstić information content (AvgIpc) is 3.18. The zero-order chi connectivity index (χ0) is 41.6. The van der Waals surface area contributed by atoms with E-state index in [1.54, 1.807) is 86.7 Å². The summed E-state index contributed by atoms with van der Waals surface area (Å²) in [5.74, 6) is -3.65. The molecule has 5 amide bonds. The van der Waals surface area contributed by atoms with E-state index in [0.717, 1.165) is 0 Å². The van der Waals surface area contributed by atoms with Crippen LogP contribution in [-0.2, 0) is 24.0 Å². The molecule has 0 fully saturated rings. The molecule has 0 bridgehead atoms. The van der Waals surface area contributed by atoms with Crippen LogP contribution in [0.25, 0.3) is 12.2 Å². The smallest absolute Gasteiger partial charge is 0.268 e. The molecule has 2 aromatic carbocycles. The molecule has 13 heteroatoms. The van der Waals surface area contributed by atoms with Gasteiger partial charge in [-0.05, 0) is 87.6 Å². The van der Waals surface area contributed by atoms with Gasteiger partial charge in [-0.25, -0.2) is 0 Å². The monoisotopic (exact) mass is 771 g/mol. The van der Waals surface area contributed by atoms with Crippen molar-refractivity contribution in [3.05, 3.63) is 138 Å². The quantitative estimate of drug-likeness (QED) is 0.0901. The Kier molecular flexibility index (Phi) is 14.9. The fraction of sp³-hybridized carbons (Fsp3) is 0.273. The SMILES string of the molecule is CC(C)C[C@@H](NC(=O)/C(=C/c1ccccc1)CC(=O)C(C)(C)NC(=O)c1ccncc1)C(=O)N/C(=C\c1ccccc1)C(=O)NC(C)(C)C(=O)Nc1ccncc1. The van der Waals surface area contributed by atoms with Crippen molar-refractivity contribution < 1.29 is 28.8 Å². The summed E-state index contributed by atoms with van der Waals surface area (Å²) in [4.78, 5) is 89.9. The molecule has 5 N–H and O–H groups in total. The molecule has 1 atom stereocenters. The molecule has 2 heterocycles. The third kappa shape index (κ3) is 13.2. The number of Topliss-reactive ketones (excluding diaryl/α,β-unsaturated/α-hetero) is 1. The number of ketones is 1. The van der Waals surface area contributed by atoms with E-state index in [1.807, 2.05) is 19.9 Å². The van der Waals surface area contributed by atoms with E-state index in [1.165, 1.54) is 56.8 Å². The maximum atomic E-state index is 14.1. The first-order chi connectivity index (χ1) is 27.0. The highest BCUT2D eigenvalue weighted by Crippen LogP contribution is 2.19. The Balaban J connectivity index is 1.59. The summed E-state index contributed by atoms with van der Waals surface area (Å²) >= 11 is 0. The Morgan fingerprint density at radius 3 is 1.77 bits per heavy atom. The van der Waals surface area contributed by atoms with E-state index >= 15 is 0 Å². The summed E-state index contributed by atoms with van der Waals surface area (Å²) in [6.45, 7) is 9.91. The molecule has 296 valence electrons. The van der Waals surface area contributed by atoms with Gasteiger partial charge in [0, 0.05) is 48.0 Å². The Morgan fingerprint density at radius 2 is 1.21 bits per heavy atom. The molecule has 57 heavy (non-hydrogen) atoms. The molecule has 0 aliphatic carbocycles. The number of aromatic nitrogens is 2. The summed E-state index contributed by atoms with van der Waals surface area (Å²) in [5, 5.41) is 13.7. The van der Waals surface area contributed by atoms with Crippen molar-refractivity contribution in [2.75, 3.05) is 5.32 Å². The average molecular weight is 772 g/mol. The van der Waals surface area contributed by atoms with Gasteiger partial charge >= 0.3 is 0 Å². The normalized spacial score (nSPS) is 12.5. The number of pyridine rings is 2. The number of benzene rings is 2. The van der Waals surface area contributed by atoms with Crippen LogP contribution in [0.4, 0.5) is 5.69 Å². The van der Waals surface area contributed by atoms with Crippen molar-refractivity contribution in [3.63, 3.8) is 0 Å². The van der Waals surface area contributed by atoms with Crippen molar-refractivity contribution in [2.45, 2.75) is 71.5 Å². The minimum atomic E-state index is -1.43. The summed E-state index contributed by atoms with van der Waals surface area (Å²) in [6, 6.07) is 22.9. The lowest BCUT2D eigenvalue weighted by Crippen LogP contribution is -2.55. The van der Waals surface area contributed by atoms with Crippen LogP contribution in [-0.4, -0.2) is 62.4 Å². The van der Waals surface area contributed by atoms with Gasteiger partial charge in [0.25, 0.3) is 11.8 Å². The van der Waals surface area contributed by atoms with Gasteiger partial charge in [-0.2, -0.15) is 0 Å². The Morgan fingerprint density at radius 1 is 0.667 bits per heavy atom. The van der Waals surface area contributed by atoms with Crippen LogP contribution in [0.5, 0.6) is 0 Å². The summed E-state index contributed by atoms with van der Waals surface area (Å²) in [5.41, 5.74) is -0.883. The van der Waals surface area contributed by atoms with Crippen LogP contribution in [0.3, 0.4) is 0 Å². The summed E-state index contributed by atoms with van der Waals surface area (Å²) in [7, 11) is 0. The number of hydrogen-bond donors (Lipinski definition) is 5. The number of hydrogen-bond acceptors (Lipinski definition) is 8. The van der Waals surface area contributed by atoms with Gasteiger partial charge in [-0.1, -0.05) is 74.5 Å². The minimum Gasteiger partial charge on any atom is -0.340 e. The molecule has 0 aliphatic rings. The third-order valence-corrected chi connectivity index (χ3v) is 8.72. The van der Waals surface area contributed by atoms with Crippen LogP contribution in [0, 0.1) is 5.92 Å². The lowest BCUT2D eigenvalue weighted by molar-refractivity contribution is -0.130. The molecule has 13 nitrogen and oxygen atoms in total. The third-order valence-electron chi connectivity index (χ3n) is 8.72. The van der Waals surface area contributed by atoms with E-state index in [9.17, 15) is 28.8 Å². The van der Waals surface area contributed by atoms with Gasteiger partial charge in [0.1, 0.15) is 17.3 Å². The Bertz CT molecular complexity index is 2100. The number of amides is 5. The molecule has 0 saturated carbocycles. The van der Waals surface area contributed by atoms with E-state index in [2.05, 4.69) is 36.6 Å². The Hall–Kier alpha value is -6.76. The fourth-order valence-corrected chi connectivity index (χ4v) is 5.45. The lowest BCUT2D eigenvalue weighted by Gasteiger charge is -2.27. The van der Waals surface area contributed by atoms with Gasteiger partial charge in [0.05, 0.1) is 5.54 Å². The summed E-state index contributed by atoms with van der Waals surface area (Å²) in [6.07, 6.45) is 8.81. The number of nitrogens with zero attached hydrogens (tertiary/aromatic N) is 2. The van der Waals surface area contributed by atoms with Crippen LogP contribution >= 0.6 is 0 Å². The van der Waals surface area contributed by atoms with Gasteiger partial charge < -0.3 is 26.6 Å². The van der Waals surface area contributed by atoms with Crippen molar-refractivity contribution in [1.82, 2.24) is 31.2 Å². The first-order valence-electron chi connectivity index (χ1n) is 18.5. The second-order valence-corrected chi connectivity index (χ2v) is 14.9. The molecular formula is C44H49N7O6. The van der Waals surface area contributed by atoms with Crippen molar-refractivity contribution in [1.29, 1.82) is 0 Å². The van der Waals surface area contributed by atoms with Gasteiger partial charge in [0.15, 0.2) is 5.78 Å². The fourth-order valence-electron chi connectivity index (χ4n) is 5.45. The lowest BCUT2D eigenvalue weighted by atomic mass is 9.91. The first-order valence-corrected chi connectivity index (χ1v) is 18.5. The largest absolute Gasteiger partial charge is 0.340 e. The molecule has 4 aromatic rings. The van der Waals surface area contributed by atoms with Crippen LogP contribution in [0.2, 0.25) is 0 Å². The highest BCUT2D eigenvalue weighted by Gasteiger charge is 2.34. The molecule has 2 aromatic heterocycles. The highest BCUT2D eigenvalue weighted by atomic mass is 16.2. The predicted octanol–water partition coefficient (Wildman–Crippen LogP) is 5.25. The zero-order valence-electron chi connectivity index (χ0n) is 33.0. The molecular weight excluding hydrogens is 723 g/mol. The van der Waals surface area contributed by atoms with E-state index in [0.29, 0.717) is 22.4 Å². The number of carbonyl (C=O) groups excluding carboxylic acids is 6. The zero-order valence-corrected chi connectivity index (χ0v) is 33.0.